The molecule has 0 spiro atoms. The second-order valence-corrected chi connectivity index (χ2v) is 4.74. The third-order valence-corrected chi connectivity index (χ3v) is 3.18. The summed E-state index contributed by atoms with van der Waals surface area (Å²) in [7, 11) is 1.42. The highest BCUT2D eigenvalue weighted by Crippen LogP contribution is 2.28. The van der Waals surface area contributed by atoms with Crippen molar-refractivity contribution in [1.82, 2.24) is 0 Å². The van der Waals surface area contributed by atoms with E-state index in [0.717, 1.165) is 5.56 Å². The largest absolute Gasteiger partial charge is 0.504 e. The number of aromatic hydroxyl groups is 2. The Bertz CT molecular complexity index is 734. The van der Waals surface area contributed by atoms with Gasteiger partial charge in [0.1, 0.15) is 0 Å². The predicted octanol–water partition coefficient (Wildman–Crippen LogP) is 3.40. The van der Waals surface area contributed by atoms with Gasteiger partial charge in [-0.25, -0.2) is 0 Å². The second kappa shape index (κ2) is 7.35. The van der Waals surface area contributed by atoms with Gasteiger partial charge in [-0.2, -0.15) is 0 Å². The third-order valence-electron chi connectivity index (χ3n) is 3.18. The van der Waals surface area contributed by atoms with E-state index < -0.39 is 0 Å². The number of allylic oxidation sites excluding steroid dienone is 1. The highest BCUT2D eigenvalue weighted by Gasteiger charge is 2.08. The van der Waals surface area contributed by atoms with Gasteiger partial charge < -0.3 is 19.7 Å². The van der Waals surface area contributed by atoms with Gasteiger partial charge in [0.05, 0.1) is 13.7 Å². The zero-order valence-corrected chi connectivity index (χ0v) is 12.9. The van der Waals surface area contributed by atoms with Crippen LogP contribution in [-0.4, -0.2) is 29.7 Å². The molecule has 120 valence electrons. The molecule has 0 saturated carbocycles. The summed E-state index contributed by atoms with van der Waals surface area (Å²) in [5.74, 6) is 0.418. The maximum Gasteiger partial charge on any atom is 0.185 e. The highest BCUT2D eigenvalue weighted by atomic mass is 16.5. The molecular weight excluding hydrogens is 296 g/mol. The van der Waals surface area contributed by atoms with Gasteiger partial charge in [0.2, 0.25) is 0 Å². The average Bonchev–Trinajstić information content (AvgIpc) is 2.56. The van der Waals surface area contributed by atoms with Gasteiger partial charge in [-0.15, -0.1) is 0 Å². The first-order valence-corrected chi connectivity index (χ1v) is 7.10. The topological polar surface area (TPSA) is 76.0 Å². The molecular formula is C18H18O5. The Labute approximate surface area is 134 Å². The van der Waals surface area contributed by atoms with Crippen molar-refractivity contribution in [3.8, 4) is 23.0 Å². The number of hydrogen-bond donors (Lipinski definition) is 2. The summed E-state index contributed by atoms with van der Waals surface area (Å²) in [6.07, 6.45) is 3.04. The molecule has 0 aromatic heterocycles. The molecule has 2 rings (SSSR count). The standard InChI is InChI=1S/C18H18O5/c1-3-23-18-10-12(5-8-16(18)21)4-7-14(19)13-6-9-15(20)17(11-13)22-2/h4-11,20-21H,3H2,1-2H3. The Morgan fingerprint density at radius 3 is 2.48 bits per heavy atom. The normalized spacial score (nSPS) is 10.7. The molecule has 0 aliphatic carbocycles. The SMILES string of the molecule is CCOc1cc(C=CC(=O)c2ccc(O)c(OC)c2)ccc1O. The zero-order chi connectivity index (χ0) is 16.8. The van der Waals surface area contributed by atoms with Gasteiger partial charge in [-0.05, 0) is 48.9 Å². The molecule has 0 atom stereocenters. The number of methoxy groups -OCH3 is 1. The minimum atomic E-state index is -0.227. The maximum atomic E-state index is 12.2. The van der Waals surface area contributed by atoms with Crippen molar-refractivity contribution in [2.75, 3.05) is 13.7 Å². The van der Waals surface area contributed by atoms with Crippen molar-refractivity contribution in [2.24, 2.45) is 0 Å². The number of benzene rings is 2. The summed E-state index contributed by atoms with van der Waals surface area (Å²) >= 11 is 0. The molecule has 0 bridgehead atoms. The van der Waals surface area contributed by atoms with Crippen molar-refractivity contribution < 1.29 is 24.5 Å². The summed E-state index contributed by atoms with van der Waals surface area (Å²) in [4.78, 5) is 12.2. The number of carbonyl (C=O) groups excluding carboxylic acids is 1. The first kappa shape index (κ1) is 16.4. The van der Waals surface area contributed by atoms with Gasteiger partial charge >= 0.3 is 0 Å². The quantitative estimate of drug-likeness (QED) is 0.631. The third kappa shape index (κ3) is 4.03. The summed E-state index contributed by atoms with van der Waals surface area (Å²) in [6.45, 7) is 2.26. The summed E-state index contributed by atoms with van der Waals surface area (Å²) in [5, 5.41) is 19.2. The van der Waals surface area contributed by atoms with Gasteiger partial charge in [0, 0.05) is 5.56 Å². The molecule has 5 heteroatoms. The predicted molar refractivity (Wildman–Crippen MR) is 87.3 cm³/mol. The van der Waals surface area contributed by atoms with Crippen LogP contribution in [-0.2, 0) is 0 Å². The molecule has 0 radical (unpaired) electrons. The van der Waals surface area contributed by atoms with Crippen LogP contribution in [0.25, 0.3) is 6.08 Å². The van der Waals surface area contributed by atoms with Crippen LogP contribution in [0.15, 0.2) is 42.5 Å². The number of ketones is 1. The number of hydrogen-bond acceptors (Lipinski definition) is 5. The van der Waals surface area contributed by atoms with Crippen LogP contribution in [0.1, 0.15) is 22.8 Å². The fourth-order valence-corrected chi connectivity index (χ4v) is 2.00. The van der Waals surface area contributed by atoms with Crippen LogP contribution in [0.3, 0.4) is 0 Å². The Morgan fingerprint density at radius 1 is 1.09 bits per heavy atom. The molecule has 23 heavy (non-hydrogen) atoms. The van der Waals surface area contributed by atoms with E-state index in [0.29, 0.717) is 17.9 Å². The van der Waals surface area contributed by atoms with Crippen LogP contribution < -0.4 is 9.47 Å². The van der Waals surface area contributed by atoms with Gasteiger partial charge in [-0.3, -0.25) is 4.79 Å². The fraction of sp³-hybridized carbons (Fsp3) is 0.167. The van der Waals surface area contributed by atoms with E-state index in [1.807, 2.05) is 6.92 Å². The molecule has 0 amide bonds. The van der Waals surface area contributed by atoms with E-state index in [4.69, 9.17) is 9.47 Å². The number of phenolic OH excluding ortho intramolecular Hbond substituents is 2. The molecule has 2 N–H and O–H groups in total. The molecule has 0 heterocycles. The Morgan fingerprint density at radius 2 is 1.78 bits per heavy atom. The number of carbonyl (C=O) groups is 1. The van der Waals surface area contributed by atoms with Crippen molar-refractivity contribution in [3.05, 3.63) is 53.6 Å². The molecule has 0 aliphatic rings. The molecule has 0 fully saturated rings. The summed E-state index contributed by atoms with van der Waals surface area (Å²) in [5.41, 5.74) is 1.13. The Kier molecular flexibility index (Phi) is 5.25. The first-order valence-electron chi connectivity index (χ1n) is 7.10. The van der Waals surface area contributed by atoms with Crippen molar-refractivity contribution in [2.45, 2.75) is 6.92 Å². The van der Waals surface area contributed by atoms with Crippen LogP contribution in [0.4, 0.5) is 0 Å². The van der Waals surface area contributed by atoms with E-state index in [1.165, 1.54) is 37.5 Å². The van der Waals surface area contributed by atoms with Gasteiger partial charge in [0.25, 0.3) is 0 Å². The Balaban J connectivity index is 2.19. The molecule has 2 aromatic carbocycles. The van der Waals surface area contributed by atoms with E-state index in [9.17, 15) is 15.0 Å². The fourth-order valence-electron chi connectivity index (χ4n) is 2.00. The lowest BCUT2D eigenvalue weighted by Gasteiger charge is -2.06. The number of phenols is 2. The first-order chi connectivity index (χ1) is 11.0. The van der Waals surface area contributed by atoms with Crippen LogP contribution >= 0.6 is 0 Å². The minimum Gasteiger partial charge on any atom is -0.504 e. The van der Waals surface area contributed by atoms with E-state index in [1.54, 1.807) is 18.2 Å². The minimum absolute atomic E-state index is 0.0204. The Hall–Kier alpha value is -2.95. The molecule has 2 aromatic rings. The summed E-state index contributed by atoms with van der Waals surface area (Å²) in [6, 6.07) is 9.25. The molecule has 0 aliphatic heterocycles. The lowest BCUT2D eigenvalue weighted by atomic mass is 10.1. The van der Waals surface area contributed by atoms with Gasteiger partial charge in [-0.1, -0.05) is 12.1 Å². The lowest BCUT2D eigenvalue weighted by molar-refractivity contribution is 0.104. The lowest BCUT2D eigenvalue weighted by Crippen LogP contribution is -1.95. The molecule has 0 saturated heterocycles. The highest BCUT2D eigenvalue weighted by molar-refractivity contribution is 6.07. The summed E-state index contributed by atoms with van der Waals surface area (Å²) < 4.78 is 10.3. The van der Waals surface area contributed by atoms with E-state index >= 15 is 0 Å². The van der Waals surface area contributed by atoms with Gasteiger partial charge in [0.15, 0.2) is 28.8 Å². The second-order valence-electron chi connectivity index (χ2n) is 4.74. The molecule has 5 nitrogen and oxygen atoms in total. The number of rotatable bonds is 6. The van der Waals surface area contributed by atoms with Crippen molar-refractivity contribution in [1.29, 1.82) is 0 Å². The smallest absolute Gasteiger partial charge is 0.185 e. The monoisotopic (exact) mass is 314 g/mol. The van der Waals surface area contributed by atoms with Crippen LogP contribution in [0.5, 0.6) is 23.0 Å². The van der Waals surface area contributed by atoms with Crippen molar-refractivity contribution >= 4 is 11.9 Å². The van der Waals surface area contributed by atoms with E-state index in [-0.39, 0.29) is 23.0 Å². The van der Waals surface area contributed by atoms with E-state index in [2.05, 4.69) is 0 Å². The average molecular weight is 314 g/mol. The number of ether oxygens (including phenoxy) is 2. The van der Waals surface area contributed by atoms with Crippen molar-refractivity contribution in [3.63, 3.8) is 0 Å². The van der Waals surface area contributed by atoms with Crippen LogP contribution in [0, 0.1) is 0 Å². The zero-order valence-electron chi connectivity index (χ0n) is 12.9. The molecule has 0 unspecified atom stereocenters. The van der Waals surface area contributed by atoms with Crippen LogP contribution in [0.2, 0.25) is 0 Å². The maximum absolute atomic E-state index is 12.2.